The normalized spacial score (nSPS) is 11.3. The third-order valence-electron chi connectivity index (χ3n) is 3.89. The van der Waals surface area contributed by atoms with Gasteiger partial charge in [0.05, 0.1) is 19.0 Å². The van der Waals surface area contributed by atoms with Gasteiger partial charge in [-0.3, -0.25) is 4.90 Å². The van der Waals surface area contributed by atoms with Crippen molar-refractivity contribution in [3.05, 3.63) is 36.2 Å². The summed E-state index contributed by atoms with van der Waals surface area (Å²) in [6.45, 7) is 5.35. The number of pyridine rings is 1. The first kappa shape index (κ1) is 20.1. The van der Waals surface area contributed by atoms with Crippen molar-refractivity contribution in [2.24, 2.45) is 0 Å². The van der Waals surface area contributed by atoms with Crippen LogP contribution < -0.4 is 9.64 Å². The molecule has 10 nitrogen and oxygen atoms in total. The lowest BCUT2D eigenvalue weighted by Crippen LogP contribution is -2.34. The summed E-state index contributed by atoms with van der Waals surface area (Å²) < 4.78 is 11.8. The van der Waals surface area contributed by atoms with E-state index in [9.17, 15) is 14.7 Å². The molecule has 0 spiro atoms. The van der Waals surface area contributed by atoms with Crippen LogP contribution in [0.3, 0.4) is 0 Å². The predicted octanol–water partition coefficient (Wildman–Crippen LogP) is 2.87. The molecule has 10 heteroatoms. The van der Waals surface area contributed by atoms with Crippen molar-refractivity contribution in [2.45, 2.75) is 26.4 Å². The van der Waals surface area contributed by atoms with E-state index in [0.717, 1.165) is 0 Å². The molecule has 0 radical (unpaired) electrons. The summed E-state index contributed by atoms with van der Waals surface area (Å²) in [5.74, 6) is -0.768. The van der Waals surface area contributed by atoms with E-state index in [2.05, 4.69) is 15.1 Å². The van der Waals surface area contributed by atoms with Crippen LogP contribution in [0.2, 0.25) is 0 Å². The van der Waals surface area contributed by atoms with Crippen molar-refractivity contribution in [3.63, 3.8) is 0 Å². The first-order valence-corrected chi connectivity index (χ1v) is 8.70. The topological polar surface area (TPSA) is 119 Å². The fraction of sp³-hybridized carbons (Fsp3) is 0.316. The number of aromatic nitrogens is 4. The number of hydrogen-bond acceptors (Lipinski definition) is 7. The summed E-state index contributed by atoms with van der Waals surface area (Å²) in [6.07, 6.45) is 2.52. The van der Waals surface area contributed by atoms with Crippen molar-refractivity contribution in [2.75, 3.05) is 19.1 Å². The number of carbonyl (C=O) groups is 2. The van der Waals surface area contributed by atoms with Crippen LogP contribution >= 0.6 is 0 Å². The summed E-state index contributed by atoms with van der Waals surface area (Å²) in [4.78, 5) is 33.3. The van der Waals surface area contributed by atoms with Gasteiger partial charge in [-0.15, -0.1) is 0 Å². The molecule has 1 N–H and O–H groups in total. The Bertz CT molecular complexity index is 1090. The summed E-state index contributed by atoms with van der Waals surface area (Å²) in [5, 5.41) is 13.8. The maximum atomic E-state index is 12.2. The number of methoxy groups -OCH3 is 1. The summed E-state index contributed by atoms with van der Waals surface area (Å²) in [5.41, 5.74) is 0.806. The first-order valence-electron chi connectivity index (χ1n) is 8.70. The quantitative estimate of drug-likeness (QED) is 0.711. The van der Waals surface area contributed by atoms with Crippen molar-refractivity contribution < 1.29 is 24.2 Å². The van der Waals surface area contributed by atoms with Crippen molar-refractivity contribution in [1.82, 2.24) is 19.6 Å². The number of carboxylic acids is 1. The minimum atomic E-state index is -1.15. The van der Waals surface area contributed by atoms with E-state index in [0.29, 0.717) is 22.7 Å². The fourth-order valence-corrected chi connectivity index (χ4v) is 2.52. The molecule has 0 aliphatic carbocycles. The maximum Gasteiger partial charge on any atom is 0.415 e. The summed E-state index contributed by atoms with van der Waals surface area (Å²) in [6, 6.07) is 4.83. The lowest BCUT2D eigenvalue weighted by Gasteiger charge is -2.23. The molecule has 0 atom stereocenters. The second-order valence-electron chi connectivity index (χ2n) is 7.25. The zero-order valence-corrected chi connectivity index (χ0v) is 16.7. The van der Waals surface area contributed by atoms with Crippen LogP contribution in [0.1, 0.15) is 31.1 Å². The number of ether oxygens (including phenoxy) is 2. The molecule has 1 amide bonds. The molecule has 0 aliphatic heterocycles. The van der Waals surface area contributed by atoms with Gasteiger partial charge in [0.25, 0.3) is 0 Å². The average molecular weight is 399 g/mol. The van der Waals surface area contributed by atoms with Crippen LogP contribution in [0.15, 0.2) is 30.6 Å². The monoisotopic (exact) mass is 399 g/mol. The average Bonchev–Trinajstić information content (AvgIpc) is 3.08. The van der Waals surface area contributed by atoms with Gasteiger partial charge < -0.3 is 14.6 Å². The Balaban J connectivity index is 1.95. The molecule has 3 heterocycles. The molecule has 0 saturated heterocycles. The number of rotatable bonds is 4. The van der Waals surface area contributed by atoms with Gasteiger partial charge >= 0.3 is 12.1 Å². The van der Waals surface area contributed by atoms with Crippen LogP contribution in [-0.4, -0.2) is 56.5 Å². The molecule has 0 aromatic carbocycles. The molecule has 0 bridgehead atoms. The highest BCUT2D eigenvalue weighted by molar-refractivity contribution is 5.91. The number of anilines is 1. The van der Waals surface area contributed by atoms with E-state index in [4.69, 9.17) is 9.47 Å². The van der Waals surface area contributed by atoms with E-state index in [1.165, 1.54) is 28.8 Å². The number of imidazole rings is 1. The lowest BCUT2D eigenvalue weighted by molar-refractivity contribution is 0.0587. The van der Waals surface area contributed by atoms with Gasteiger partial charge in [-0.2, -0.15) is 5.10 Å². The lowest BCUT2D eigenvalue weighted by atomic mass is 10.1. The van der Waals surface area contributed by atoms with Crippen LogP contribution in [-0.2, 0) is 4.74 Å². The van der Waals surface area contributed by atoms with E-state index in [-0.39, 0.29) is 11.4 Å². The highest BCUT2D eigenvalue weighted by atomic mass is 16.6. The van der Waals surface area contributed by atoms with Crippen LogP contribution in [0.5, 0.6) is 5.88 Å². The molecule has 152 valence electrons. The van der Waals surface area contributed by atoms with E-state index in [1.54, 1.807) is 46.1 Å². The highest BCUT2D eigenvalue weighted by Gasteiger charge is 2.22. The van der Waals surface area contributed by atoms with Crippen molar-refractivity contribution in [3.8, 4) is 17.1 Å². The van der Waals surface area contributed by atoms with Gasteiger partial charge in [0.15, 0.2) is 11.5 Å². The largest absolute Gasteiger partial charge is 0.480 e. The van der Waals surface area contributed by atoms with Gasteiger partial charge in [0, 0.05) is 18.8 Å². The Morgan fingerprint density at radius 2 is 1.97 bits per heavy atom. The van der Waals surface area contributed by atoms with Gasteiger partial charge in [-0.25, -0.2) is 24.1 Å². The first-order chi connectivity index (χ1) is 13.6. The third-order valence-corrected chi connectivity index (χ3v) is 3.89. The smallest absolute Gasteiger partial charge is 0.415 e. The number of amides is 1. The van der Waals surface area contributed by atoms with Crippen molar-refractivity contribution in [1.29, 1.82) is 0 Å². The number of hydrogen-bond donors (Lipinski definition) is 1. The molecule has 0 fully saturated rings. The molecule has 3 rings (SSSR count). The number of nitrogens with zero attached hydrogens (tertiary/aromatic N) is 5. The fourth-order valence-electron chi connectivity index (χ4n) is 2.52. The molecular formula is C19H21N5O5. The second kappa shape index (κ2) is 7.38. The van der Waals surface area contributed by atoms with Crippen LogP contribution in [0.25, 0.3) is 16.9 Å². The molecule has 3 aromatic heterocycles. The Labute approximate surface area is 166 Å². The number of carboxylic acid groups (broad SMARTS) is 1. The summed E-state index contributed by atoms with van der Waals surface area (Å²) >= 11 is 0. The number of fused-ring (bicyclic) bond motifs is 1. The third kappa shape index (κ3) is 4.26. The SMILES string of the molecule is COc1ncc(-c2ccc3nc(N(C)C(=O)OC(C)(C)C)cn3n2)cc1C(=O)O. The summed E-state index contributed by atoms with van der Waals surface area (Å²) in [7, 11) is 2.91. The van der Waals surface area contributed by atoms with E-state index < -0.39 is 17.7 Å². The molecular weight excluding hydrogens is 378 g/mol. The molecule has 3 aromatic rings. The van der Waals surface area contributed by atoms with E-state index in [1.807, 2.05) is 0 Å². The molecule has 0 saturated carbocycles. The van der Waals surface area contributed by atoms with Gasteiger partial charge in [0.1, 0.15) is 11.2 Å². The van der Waals surface area contributed by atoms with Crippen LogP contribution in [0.4, 0.5) is 10.6 Å². The standard InChI is InChI=1S/C19H21N5O5/c1-19(2,3)29-18(27)23(4)15-10-24-14(21-15)7-6-13(22-24)11-8-12(17(25)26)16(28-5)20-9-11/h6-10H,1-5H3,(H,25,26). The Hall–Kier alpha value is -3.69. The van der Waals surface area contributed by atoms with Crippen LogP contribution in [0, 0.1) is 0 Å². The molecule has 0 unspecified atom stereocenters. The van der Waals surface area contributed by atoms with Gasteiger partial charge in [-0.05, 0) is 39.0 Å². The number of aromatic carboxylic acids is 1. The molecule has 0 aliphatic rings. The Kier molecular flexibility index (Phi) is 5.10. The highest BCUT2D eigenvalue weighted by Crippen LogP contribution is 2.24. The van der Waals surface area contributed by atoms with E-state index >= 15 is 0 Å². The zero-order valence-electron chi connectivity index (χ0n) is 16.7. The predicted molar refractivity (Wildman–Crippen MR) is 104 cm³/mol. The minimum absolute atomic E-state index is 0.0197. The maximum absolute atomic E-state index is 12.2. The van der Waals surface area contributed by atoms with Crippen molar-refractivity contribution >= 4 is 23.5 Å². The number of carbonyl (C=O) groups excluding carboxylic acids is 1. The zero-order chi connectivity index (χ0) is 21.3. The second-order valence-corrected chi connectivity index (χ2v) is 7.25. The van der Waals surface area contributed by atoms with Gasteiger partial charge in [-0.1, -0.05) is 0 Å². The Morgan fingerprint density at radius 3 is 2.59 bits per heavy atom. The molecule has 29 heavy (non-hydrogen) atoms. The minimum Gasteiger partial charge on any atom is -0.480 e. The van der Waals surface area contributed by atoms with Gasteiger partial charge in [0.2, 0.25) is 5.88 Å². The Morgan fingerprint density at radius 1 is 1.24 bits per heavy atom.